The van der Waals surface area contributed by atoms with Gasteiger partial charge in [-0.15, -0.1) is 0 Å². The molecule has 0 fully saturated rings. The van der Waals surface area contributed by atoms with Crippen LogP contribution in [0.25, 0.3) is 5.57 Å². The quantitative estimate of drug-likeness (QED) is 0.602. The zero-order valence-electron chi connectivity index (χ0n) is 16.9. The molecule has 30 heavy (non-hydrogen) atoms. The lowest BCUT2D eigenvalue weighted by Crippen LogP contribution is -2.35. The van der Waals surface area contributed by atoms with E-state index in [4.69, 9.17) is 14.2 Å². The molecule has 1 amide bonds. The van der Waals surface area contributed by atoms with E-state index in [9.17, 15) is 13.6 Å². The van der Waals surface area contributed by atoms with Gasteiger partial charge in [0, 0.05) is 31.4 Å². The van der Waals surface area contributed by atoms with Crippen LogP contribution in [0.15, 0.2) is 41.6 Å². The van der Waals surface area contributed by atoms with E-state index in [-0.39, 0.29) is 28.3 Å². The van der Waals surface area contributed by atoms with Gasteiger partial charge in [-0.25, -0.2) is 4.98 Å². The number of amides is 1. The van der Waals surface area contributed by atoms with E-state index in [2.05, 4.69) is 4.98 Å². The number of rotatable bonds is 7. The summed E-state index contributed by atoms with van der Waals surface area (Å²) in [5.41, 5.74) is 1.96. The molecule has 0 atom stereocenters. The van der Waals surface area contributed by atoms with Crippen LogP contribution in [0.3, 0.4) is 0 Å². The molecule has 0 N–H and O–H groups in total. The van der Waals surface area contributed by atoms with Gasteiger partial charge in [0.05, 0.1) is 32.5 Å². The van der Waals surface area contributed by atoms with Crippen molar-refractivity contribution in [3.05, 3.63) is 47.7 Å². The van der Waals surface area contributed by atoms with Gasteiger partial charge < -0.3 is 19.1 Å². The topological polar surface area (TPSA) is 60.9 Å². The second kappa shape index (κ2) is 9.80. The van der Waals surface area contributed by atoms with Crippen LogP contribution in [0, 0.1) is 0 Å². The average Bonchev–Trinajstić information content (AvgIpc) is 2.77. The predicted molar refractivity (Wildman–Crippen MR) is 111 cm³/mol. The lowest BCUT2D eigenvalue weighted by Gasteiger charge is -2.28. The van der Waals surface area contributed by atoms with Crippen LogP contribution < -0.4 is 14.2 Å². The van der Waals surface area contributed by atoms with Crippen LogP contribution in [0.5, 0.6) is 17.2 Å². The smallest absolute Gasteiger partial charge is 0.290 e. The van der Waals surface area contributed by atoms with Gasteiger partial charge in [-0.3, -0.25) is 4.79 Å². The molecule has 0 bridgehead atoms. The third kappa shape index (κ3) is 4.67. The molecule has 160 valence electrons. The second-order valence-electron chi connectivity index (χ2n) is 6.37. The Balaban J connectivity index is 1.85. The largest absolute Gasteiger partial charge is 0.496 e. The van der Waals surface area contributed by atoms with E-state index >= 15 is 0 Å². The number of carbonyl (C=O) groups is 1. The Labute approximate surface area is 177 Å². The number of hydrogen-bond donors (Lipinski definition) is 0. The molecule has 1 aliphatic heterocycles. The van der Waals surface area contributed by atoms with E-state index < -0.39 is 5.76 Å². The third-order valence-electron chi connectivity index (χ3n) is 4.73. The lowest BCUT2D eigenvalue weighted by atomic mass is 9.97. The maximum absolute atomic E-state index is 12.9. The predicted octanol–water partition coefficient (Wildman–Crippen LogP) is 4.35. The Morgan fingerprint density at radius 3 is 2.40 bits per heavy atom. The minimum Gasteiger partial charge on any atom is -0.496 e. The van der Waals surface area contributed by atoms with E-state index in [1.807, 2.05) is 6.08 Å². The van der Waals surface area contributed by atoms with Crippen molar-refractivity contribution in [3.63, 3.8) is 0 Å². The molecule has 2 aromatic rings. The first-order chi connectivity index (χ1) is 14.5. The summed E-state index contributed by atoms with van der Waals surface area (Å²) in [5, 5.41) is 0.0331. The van der Waals surface area contributed by atoms with E-state index in [1.54, 1.807) is 44.4 Å². The summed E-state index contributed by atoms with van der Waals surface area (Å²) in [6.07, 6.45) is 3.88. The summed E-state index contributed by atoms with van der Waals surface area (Å²) in [7, 11) is 4.71. The SMILES string of the molecule is COc1cc(OC)c(C2=CCN(C(=O)c3cccnc3SC(F)F)CC2)c(OC)c1. The van der Waals surface area contributed by atoms with Gasteiger partial charge >= 0.3 is 0 Å². The highest BCUT2D eigenvalue weighted by molar-refractivity contribution is 7.99. The highest BCUT2D eigenvalue weighted by Gasteiger charge is 2.26. The van der Waals surface area contributed by atoms with Gasteiger partial charge in [0.15, 0.2) is 0 Å². The molecule has 6 nitrogen and oxygen atoms in total. The van der Waals surface area contributed by atoms with E-state index in [0.29, 0.717) is 36.8 Å². The van der Waals surface area contributed by atoms with Crippen LogP contribution in [0.1, 0.15) is 22.3 Å². The van der Waals surface area contributed by atoms with Gasteiger partial charge in [-0.05, 0) is 35.9 Å². The fourth-order valence-corrected chi connectivity index (χ4v) is 3.88. The van der Waals surface area contributed by atoms with Crippen molar-refractivity contribution >= 4 is 23.2 Å². The molecular formula is C21H22F2N2O4S. The number of benzene rings is 1. The molecule has 1 aliphatic rings. The van der Waals surface area contributed by atoms with Gasteiger partial charge in [-0.2, -0.15) is 8.78 Å². The van der Waals surface area contributed by atoms with Crippen LogP contribution in [0.2, 0.25) is 0 Å². The summed E-state index contributed by atoms with van der Waals surface area (Å²) in [4.78, 5) is 18.5. The molecule has 0 aliphatic carbocycles. The molecule has 0 saturated heterocycles. The number of thioether (sulfide) groups is 1. The summed E-state index contributed by atoms with van der Waals surface area (Å²) >= 11 is 0.276. The first-order valence-corrected chi connectivity index (χ1v) is 10.0. The lowest BCUT2D eigenvalue weighted by molar-refractivity contribution is 0.0768. The first kappa shape index (κ1) is 21.9. The maximum Gasteiger partial charge on any atom is 0.290 e. The van der Waals surface area contributed by atoms with Gasteiger partial charge in [0.1, 0.15) is 22.3 Å². The fourth-order valence-electron chi connectivity index (χ4n) is 3.31. The highest BCUT2D eigenvalue weighted by Crippen LogP contribution is 2.41. The van der Waals surface area contributed by atoms with Crippen molar-refractivity contribution in [2.45, 2.75) is 17.2 Å². The molecule has 9 heteroatoms. The number of carbonyl (C=O) groups excluding carboxylic acids is 1. The molecule has 0 unspecified atom stereocenters. The molecule has 0 radical (unpaired) electrons. The van der Waals surface area contributed by atoms with Crippen molar-refractivity contribution in [2.24, 2.45) is 0 Å². The number of methoxy groups -OCH3 is 3. The van der Waals surface area contributed by atoms with Crippen LogP contribution >= 0.6 is 11.8 Å². The minimum absolute atomic E-state index is 0.0331. The van der Waals surface area contributed by atoms with E-state index in [1.165, 1.54) is 12.3 Å². The first-order valence-electron chi connectivity index (χ1n) is 9.17. The number of pyridine rings is 1. The normalized spacial score (nSPS) is 13.8. The van der Waals surface area contributed by atoms with Crippen LogP contribution in [-0.4, -0.2) is 56.0 Å². The number of aromatic nitrogens is 1. The van der Waals surface area contributed by atoms with Crippen molar-refractivity contribution in [1.29, 1.82) is 0 Å². The number of hydrogen-bond acceptors (Lipinski definition) is 6. The average molecular weight is 436 g/mol. The molecule has 1 aromatic carbocycles. The standard InChI is InChI=1S/C21H22F2N2O4S/c1-27-14-11-16(28-2)18(17(12-14)29-3)13-6-9-25(10-7-13)20(26)15-5-4-8-24-19(15)30-21(22)23/h4-6,8,11-12,21H,7,9-10H2,1-3H3. The molecular weight excluding hydrogens is 414 g/mol. The Morgan fingerprint density at radius 2 is 1.87 bits per heavy atom. The maximum atomic E-state index is 12.9. The number of alkyl halides is 2. The van der Waals surface area contributed by atoms with Crippen molar-refractivity contribution in [3.8, 4) is 17.2 Å². The highest BCUT2D eigenvalue weighted by atomic mass is 32.2. The number of ether oxygens (including phenoxy) is 3. The van der Waals surface area contributed by atoms with Crippen molar-refractivity contribution in [2.75, 3.05) is 34.4 Å². The van der Waals surface area contributed by atoms with Crippen LogP contribution in [0.4, 0.5) is 8.78 Å². The number of halogens is 2. The van der Waals surface area contributed by atoms with E-state index in [0.717, 1.165) is 11.1 Å². The molecule has 3 rings (SSSR count). The Hall–Kier alpha value is -2.81. The number of nitrogens with zero attached hydrogens (tertiary/aromatic N) is 2. The zero-order valence-corrected chi connectivity index (χ0v) is 17.7. The summed E-state index contributed by atoms with van der Waals surface area (Å²) in [6.45, 7) is 0.761. The van der Waals surface area contributed by atoms with Crippen molar-refractivity contribution in [1.82, 2.24) is 9.88 Å². The van der Waals surface area contributed by atoms with Crippen LogP contribution in [-0.2, 0) is 0 Å². The Kier molecular flexibility index (Phi) is 7.15. The molecule has 0 spiro atoms. The summed E-state index contributed by atoms with van der Waals surface area (Å²) < 4.78 is 41.9. The third-order valence-corrected chi connectivity index (χ3v) is 5.46. The second-order valence-corrected chi connectivity index (χ2v) is 7.35. The Morgan fingerprint density at radius 1 is 1.17 bits per heavy atom. The molecule has 2 heterocycles. The van der Waals surface area contributed by atoms with Crippen molar-refractivity contribution < 1.29 is 27.8 Å². The molecule has 0 saturated carbocycles. The van der Waals surface area contributed by atoms with Gasteiger partial charge in [-0.1, -0.05) is 6.08 Å². The summed E-state index contributed by atoms with van der Waals surface area (Å²) in [5.74, 6) is -1.13. The Bertz CT molecular complexity index is 927. The summed E-state index contributed by atoms with van der Waals surface area (Å²) in [6, 6.07) is 6.65. The zero-order chi connectivity index (χ0) is 21.7. The monoisotopic (exact) mass is 436 g/mol. The molecule has 1 aromatic heterocycles. The van der Waals surface area contributed by atoms with Gasteiger partial charge in [0.25, 0.3) is 11.7 Å². The fraction of sp³-hybridized carbons (Fsp3) is 0.333. The minimum atomic E-state index is -2.64. The van der Waals surface area contributed by atoms with Gasteiger partial charge in [0.2, 0.25) is 0 Å².